The van der Waals surface area contributed by atoms with E-state index in [9.17, 15) is 9.59 Å². The largest absolute Gasteiger partial charge is 0.454 e. The summed E-state index contributed by atoms with van der Waals surface area (Å²) in [5.74, 6) is -1.50. The maximum Gasteiger partial charge on any atom is 0.323 e. The number of rotatable bonds is 3. The second-order valence-corrected chi connectivity index (χ2v) is 4.36. The van der Waals surface area contributed by atoms with Crippen LogP contribution in [0.15, 0.2) is 35.3 Å². The van der Waals surface area contributed by atoms with E-state index in [-0.39, 0.29) is 5.78 Å². The number of nitrogens with zero attached hydrogens (tertiary/aromatic N) is 1. The van der Waals surface area contributed by atoms with E-state index in [1.165, 1.54) is 0 Å². The molecule has 2 rings (SSSR count). The molecule has 1 aliphatic heterocycles. The first-order valence-electron chi connectivity index (χ1n) is 5.88. The van der Waals surface area contributed by atoms with Gasteiger partial charge in [0.1, 0.15) is 0 Å². The molecule has 1 fully saturated rings. The van der Waals surface area contributed by atoms with Crippen LogP contribution >= 0.6 is 0 Å². The molecule has 2 atom stereocenters. The summed E-state index contributed by atoms with van der Waals surface area (Å²) in [6.07, 6.45) is -0.649. The van der Waals surface area contributed by atoms with Crippen LogP contribution in [0.4, 0.5) is 0 Å². The van der Waals surface area contributed by atoms with Gasteiger partial charge in [0, 0.05) is 5.71 Å². The molecule has 0 saturated carbocycles. The van der Waals surface area contributed by atoms with E-state index in [2.05, 4.69) is 4.99 Å². The summed E-state index contributed by atoms with van der Waals surface area (Å²) in [6.45, 7) is 3.76. The molecule has 1 heterocycles. The molecule has 0 amide bonds. The van der Waals surface area contributed by atoms with Gasteiger partial charge in [-0.05, 0) is 19.4 Å². The Morgan fingerprint density at radius 2 is 1.94 bits per heavy atom. The number of hydrogen-bond acceptors (Lipinski definition) is 4. The van der Waals surface area contributed by atoms with Gasteiger partial charge in [0.2, 0.25) is 0 Å². The number of cyclic esters (lactones) is 1. The number of ether oxygens (including phenoxy) is 1. The van der Waals surface area contributed by atoms with Crippen LogP contribution < -0.4 is 0 Å². The zero-order valence-electron chi connectivity index (χ0n) is 10.4. The minimum absolute atomic E-state index is 0.200. The van der Waals surface area contributed by atoms with Gasteiger partial charge in [0.05, 0.1) is 6.54 Å². The minimum atomic E-state index is -0.816. The fourth-order valence-electron chi connectivity index (χ4n) is 1.92. The average Bonchev–Trinajstić information content (AvgIpc) is 2.62. The van der Waals surface area contributed by atoms with E-state index in [0.29, 0.717) is 12.3 Å². The van der Waals surface area contributed by atoms with Gasteiger partial charge in [-0.1, -0.05) is 30.3 Å². The van der Waals surface area contributed by atoms with Crippen molar-refractivity contribution in [2.45, 2.75) is 26.5 Å². The lowest BCUT2D eigenvalue weighted by molar-refractivity contribution is -0.142. The molecule has 94 valence electrons. The summed E-state index contributed by atoms with van der Waals surface area (Å²) in [6, 6.07) is 9.69. The Hall–Kier alpha value is -1.97. The van der Waals surface area contributed by atoms with Gasteiger partial charge in [-0.25, -0.2) is 0 Å². The lowest BCUT2D eigenvalue weighted by Gasteiger charge is -2.04. The van der Waals surface area contributed by atoms with Crippen molar-refractivity contribution in [1.82, 2.24) is 0 Å². The zero-order chi connectivity index (χ0) is 13.1. The van der Waals surface area contributed by atoms with E-state index < -0.39 is 18.0 Å². The highest BCUT2D eigenvalue weighted by atomic mass is 16.6. The molecule has 1 aromatic carbocycles. The molecule has 0 aromatic heterocycles. The van der Waals surface area contributed by atoms with Gasteiger partial charge in [-0.15, -0.1) is 0 Å². The van der Waals surface area contributed by atoms with Gasteiger partial charge in [-0.3, -0.25) is 14.6 Å². The van der Waals surface area contributed by atoms with Crippen molar-refractivity contribution >= 4 is 17.5 Å². The zero-order valence-corrected chi connectivity index (χ0v) is 10.4. The highest BCUT2D eigenvalue weighted by Crippen LogP contribution is 2.19. The lowest BCUT2D eigenvalue weighted by Crippen LogP contribution is -2.25. The number of ketones is 1. The fourth-order valence-corrected chi connectivity index (χ4v) is 1.92. The van der Waals surface area contributed by atoms with Crippen molar-refractivity contribution in [2.75, 3.05) is 0 Å². The van der Waals surface area contributed by atoms with Crippen LogP contribution in [0.5, 0.6) is 0 Å². The average molecular weight is 245 g/mol. The normalized spacial score (nSPS) is 24.2. The van der Waals surface area contributed by atoms with Crippen LogP contribution in [-0.4, -0.2) is 23.6 Å². The monoisotopic (exact) mass is 245 g/mol. The third-order valence-electron chi connectivity index (χ3n) is 2.99. The maximum absolute atomic E-state index is 11.7. The number of hydrogen-bond donors (Lipinski definition) is 0. The molecule has 0 bridgehead atoms. The Morgan fingerprint density at radius 3 is 2.50 bits per heavy atom. The molecule has 0 spiro atoms. The van der Waals surface area contributed by atoms with Gasteiger partial charge in [0.15, 0.2) is 17.8 Å². The first kappa shape index (κ1) is 12.5. The van der Waals surface area contributed by atoms with Crippen LogP contribution in [0.1, 0.15) is 19.4 Å². The SMILES string of the molecule is CC(=NCc1ccccc1)[C@@H]1C(=O)O[C@H](C)C1=O. The van der Waals surface area contributed by atoms with E-state index >= 15 is 0 Å². The van der Waals surface area contributed by atoms with Gasteiger partial charge in [0.25, 0.3) is 0 Å². The van der Waals surface area contributed by atoms with Crippen molar-refractivity contribution in [3.63, 3.8) is 0 Å². The quantitative estimate of drug-likeness (QED) is 0.463. The predicted octanol–water partition coefficient (Wildman–Crippen LogP) is 1.78. The van der Waals surface area contributed by atoms with Crippen molar-refractivity contribution < 1.29 is 14.3 Å². The molecular weight excluding hydrogens is 230 g/mol. The third kappa shape index (κ3) is 2.47. The Morgan fingerprint density at radius 1 is 1.28 bits per heavy atom. The highest BCUT2D eigenvalue weighted by molar-refractivity contribution is 6.22. The molecule has 4 nitrogen and oxygen atoms in total. The standard InChI is InChI=1S/C14H15NO3/c1-9(12-13(16)10(2)18-14(12)17)15-8-11-6-4-3-5-7-11/h3-7,10,12H,8H2,1-2H3/t10-,12+/m1/s1. The Kier molecular flexibility index (Phi) is 3.55. The molecule has 0 radical (unpaired) electrons. The number of esters is 1. The summed E-state index contributed by atoms with van der Waals surface area (Å²) in [5, 5.41) is 0. The maximum atomic E-state index is 11.7. The molecule has 0 unspecified atom stereocenters. The molecular formula is C14H15NO3. The molecule has 1 aromatic rings. The topological polar surface area (TPSA) is 55.7 Å². The first-order valence-corrected chi connectivity index (χ1v) is 5.88. The fraction of sp³-hybridized carbons (Fsp3) is 0.357. The van der Waals surface area contributed by atoms with Crippen LogP contribution in [0.25, 0.3) is 0 Å². The molecule has 18 heavy (non-hydrogen) atoms. The van der Waals surface area contributed by atoms with Crippen LogP contribution in [-0.2, 0) is 20.9 Å². The molecule has 0 N–H and O–H groups in total. The minimum Gasteiger partial charge on any atom is -0.454 e. The Bertz CT molecular complexity index is 493. The van der Waals surface area contributed by atoms with E-state index in [1.807, 2.05) is 30.3 Å². The van der Waals surface area contributed by atoms with Gasteiger partial charge < -0.3 is 4.74 Å². The second kappa shape index (κ2) is 5.12. The van der Waals surface area contributed by atoms with Gasteiger partial charge >= 0.3 is 5.97 Å². The van der Waals surface area contributed by atoms with Crippen LogP contribution in [0.3, 0.4) is 0 Å². The smallest absolute Gasteiger partial charge is 0.323 e. The van der Waals surface area contributed by atoms with Crippen LogP contribution in [0.2, 0.25) is 0 Å². The van der Waals surface area contributed by atoms with Crippen molar-refractivity contribution in [1.29, 1.82) is 0 Å². The summed E-state index contributed by atoms with van der Waals surface area (Å²) in [5.41, 5.74) is 1.57. The van der Waals surface area contributed by atoms with Crippen LogP contribution in [0, 0.1) is 5.92 Å². The molecule has 4 heteroatoms. The summed E-state index contributed by atoms with van der Waals surface area (Å²) in [7, 11) is 0. The van der Waals surface area contributed by atoms with E-state index in [0.717, 1.165) is 5.56 Å². The number of carbonyl (C=O) groups is 2. The predicted molar refractivity (Wildman–Crippen MR) is 67.3 cm³/mol. The lowest BCUT2D eigenvalue weighted by atomic mass is 9.99. The number of benzene rings is 1. The molecule has 1 saturated heterocycles. The Labute approximate surface area is 106 Å². The van der Waals surface area contributed by atoms with E-state index in [4.69, 9.17) is 4.74 Å². The first-order chi connectivity index (χ1) is 8.59. The summed E-state index contributed by atoms with van der Waals surface area (Å²) >= 11 is 0. The molecule has 0 aliphatic carbocycles. The second-order valence-electron chi connectivity index (χ2n) is 4.36. The molecule has 1 aliphatic rings. The third-order valence-corrected chi connectivity index (χ3v) is 2.99. The summed E-state index contributed by atoms with van der Waals surface area (Å²) in [4.78, 5) is 27.6. The Balaban J connectivity index is 2.10. The van der Waals surface area contributed by atoms with Crippen molar-refractivity contribution in [3.8, 4) is 0 Å². The van der Waals surface area contributed by atoms with Crippen molar-refractivity contribution in [3.05, 3.63) is 35.9 Å². The number of aliphatic imine (C=N–C) groups is 1. The highest BCUT2D eigenvalue weighted by Gasteiger charge is 2.42. The van der Waals surface area contributed by atoms with E-state index in [1.54, 1.807) is 13.8 Å². The van der Waals surface area contributed by atoms with Gasteiger partial charge in [-0.2, -0.15) is 0 Å². The van der Waals surface area contributed by atoms with Crippen molar-refractivity contribution in [2.24, 2.45) is 10.9 Å². The number of Topliss-reactive ketones (excluding diaryl/α,β-unsaturated/α-hetero) is 1. The summed E-state index contributed by atoms with van der Waals surface area (Å²) < 4.78 is 4.89. The number of carbonyl (C=O) groups excluding carboxylic acids is 2.